The number of benzene rings is 2. The number of ether oxygens (including phenoxy) is 3. The summed E-state index contributed by atoms with van der Waals surface area (Å²) >= 11 is 4.95. The van der Waals surface area contributed by atoms with Crippen molar-refractivity contribution < 1.29 is 19.0 Å². The maximum atomic E-state index is 13.3. The fraction of sp³-hybridized carbons (Fsp3) is 0.500. The Morgan fingerprint density at radius 3 is 2.38 bits per heavy atom. The molecule has 5 rings (SSSR count). The van der Waals surface area contributed by atoms with E-state index in [1.54, 1.807) is 33.5 Å². The summed E-state index contributed by atoms with van der Waals surface area (Å²) in [6.07, 6.45) is 2.40. The minimum atomic E-state index is -0.0547. The highest BCUT2D eigenvalue weighted by atomic mass is 79.9. The van der Waals surface area contributed by atoms with Gasteiger partial charge in [-0.1, -0.05) is 28.1 Å². The number of hydrogen-bond acceptors (Lipinski definition) is 10. The maximum absolute atomic E-state index is 13.3. The summed E-state index contributed by atoms with van der Waals surface area (Å²) in [7, 11) is 4.65. The Balaban J connectivity index is 1.12. The van der Waals surface area contributed by atoms with Crippen LogP contribution in [0.25, 0.3) is 0 Å². The monoisotopic (exact) mass is 658 g/mol. The van der Waals surface area contributed by atoms with E-state index < -0.39 is 0 Å². The van der Waals surface area contributed by atoms with Gasteiger partial charge in [0, 0.05) is 66.9 Å². The molecule has 0 radical (unpaired) electrons. The molecule has 2 atom stereocenters. The Labute approximate surface area is 260 Å². The topological polar surface area (TPSA) is 92.3 Å². The van der Waals surface area contributed by atoms with Crippen LogP contribution in [0.1, 0.15) is 47.6 Å². The smallest absolute Gasteiger partial charge is 0.254 e. The number of halogens is 1. The number of nitrogens with one attached hydrogen (secondary N) is 1. The van der Waals surface area contributed by atoms with Crippen LogP contribution in [0, 0.1) is 0 Å². The van der Waals surface area contributed by atoms with Crippen LogP contribution in [0.4, 0.5) is 5.13 Å². The number of amides is 1. The number of aromatic nitrogens is 2. The van der Waals surface area contributed by atoms with Gasteiger partial charge in [0.2, 0.25) is 10.9 Å². The highest BCUT2D eigenvalue weighted by Gasteiger charge is 2.29. The molecule has 1 amide bonds. The van der Waals surface area contributed by atoms with Crippen molar-refractivity contribution in [3.8, 4) is 17.2 Å². The first-order valence-electron chi connectivity index (χ1n) is 14.3. The minimum Gasteiger partial charge on any atom is -0.493 e. The Hall–Kier alpha value is -2.93. The van der Waals surface area contributed by atoms with Gasteiger partial charge in [-0.25, -0.2) is 4.98 Å². The molecule has 2 fully saturated rings. The summed E-state index contributed by atoms with van der Waals surface area (Å²) < 4.78 is 22.0. The van der Waals surface area contributed by atoms with E-state index in [1.807, 2.05) is 4.90 Å². The molecule has 10 nitrogen and oxygen atoms in total. The second kappa shape index (κ2) is 14.0. The van der Waals surface area contributed by atoms with E-state index in [-0.39, 0.29) is 11.9 Å². The van der Waals surface area contributed by atoms with Crippen molar-refractivity contribution in [3.63, 3.8) is 0 Å². The molecule has 0 unspecified atom stereocenters. The summed E-state index contributed by atoms with van der Waals surface area (Å²) in [6, 6.07) is 12.6. The van der Waals surface area contributed by atoms with Crippen LogP contribution in [0.2, 0.25) is 0 Å². The lowest BCUT2D eigenvalue weighted by molar-refractivity contribution is 0.0575. The average Bonchev–Trinajstić information content (AvgIpc) is 3.69. The predicted octanol–water partition coefficient (Wildman–Crippen LogP) is 4.92. The number of carbonyl (C=O) groups is 1. The predicted molar refractivity (Wildman–Crippen MR) is 168 cm³/mol. The molecule has 1 N–H and O–H groups in total. The van der Waals surface area contributed by atoms with Crippen LogP contribution in [0.15, 0.2) is 40.9 Å². The van der Waals surface area contributed by atoms with E-state index in [4.69, 9.17) is 19.2 Å². The Morgan fingerprint density at radius 1 is 1.05 bits per heavy atom. The van der Waals surface area contributed by atoms with Crippen LogP contribution in [-0.2, 0) is 6.54 Å². The van der Waals surface area contributed by atoms with Gasteiger partial charge >= 0.3 is 0 Å². The fourth-order valence-corrected chi connectivity index (χ4v) is 6.62. The normalized spacial score (nSPS) is 18.6. The van der Waals surface area contributed by atoms with E-state index >= 15 is 0 Å². The number of nitrogens with zero attached hydrogens (tertiary/aromatic N) is 5. The van der Waals surface area contributed by atoms with Gasteiger partial charge in [-0.3, -0.25) is 14.6 Å². The second-order valence-electron chi connectivity index (χ2n) is 10.6. The molecule has 2 aliphatic heterocycles. The third kappa shape index (κ3) is 6.99. The quantitative estimate of drug-likeness (QED) is 0.308. The molecular formula is C30H39BrN6O4S. The molecule has 42 heavy (non-hydrogen) atoms. The van der Waals surface area contributed by atoms with Gasteiger partial charge in [0.25, 0.3) is 5.91 Å². The third-order valence-electron chi connectivity index (χ3n) is 8.16. The Morgan fingerprint density at radius 2 is 1.74 bits per heavy atom. The summed E-state index contributed by atoms with van der Waals surface area (Å²) in [5.74, 6) is 2.18. The van der Waals surface area contributed by atoms with E-state index in [0.29, 0.717) is 41.9 Å². The zero-order valence-electron chi connectivity index (χ0n) is 24.6. The Bertz CT molecular complexity index is 1320. The second-order valence-corrected chi connectivity index (χ2v) is 12.3. The first-order valence-corrected chi connectivity index (χ1v) is 15.9. The van der Waals surface area contributed by atoms with Crippen molar-refractivity contribution in [1.82, 2.24) is 24.1 Å². The van der Waals surface area contributed by atoms with Gasteiger partial charge in [0.15, 0.2) is 17.3 Å². The zero-order chi connectivity index (χ0) is 29.6. The number of hydrogen-bond donors (Lipinski definition) is 1. The largest absolute Gasteiger partial charge is 0.493 e. The number of rotatable bonds is 11. The van der Waals surface area contributed by atoms with Gasteiger partial charge in [-0.2, -0.15) is 4.37 Å². The number of likely N-dealkylation sites (tertiary alicyclic amines) is 1. The van der Waals surface area contributed by atoms with Gasteiger partial charge in [-0.15, -0.1) is 0 Å². The zero-order valence-corrected chi connectivity index (χ0v) is 27.0. The van der Waals surface area contributed by atoms with Crippen molar-refractivity contribution in [2.75, 3.05) is 65.9 Å². The molecule has 3 aromatic rings. The number of methoxy groups -OCH3 is 3. The van der Waals surface area contributed by atoms with E-state index in [0.717, 1.165) is 48.2 Å². The molecule has 2 saturated heterocycles. The van der Waals surface area contributed by atoms with E-state index in [9.17, 15) is 4.79 Å². The van der Waals surface area contributed by atoms with Crippen LogP contribution in [-0.4, -0.2) is 96.6 Å². The minimum absolute atomic E-state index is 0.0547. The van der Waals surface area contributed by atoms with Crippen molar-refractivity contribution in [3.05, 3.63) is 57.8 Å². The number of carbonyl (C=O) groups excluding carboxylic acids is 1. The van der Waals surface area contributed by atoms with Crippen molar-refractivity contribution in [1.29, 1.82) is 0 Å². The lowest BCUT2D eigenvalue weighted by atomic mass is 10.1. The van der Waals surface area contributed by atoms with Gasteiger partial charge in [0.1, 0.15) is 0 Å². The lowest BCUT2D eigenvalue weighted by Gasteiger charge is -2.37. The van der Waals surface area contributed by atoms with E-state index in [2.05, 4.69) is 66.6 Å². The average molecular weight is 660 g/mol. The SMILES string of the molecule is COc1cc(C(=O)N2CCN([C@@H](C)c3nsc(NC[C@@H]4CCCN4Cc4ccc(Br)cc4)n3)CC2)cc(OC)c1OC. The molecule has 0 spiro atoms. The first-order chi connectivity index (χ1) is 20.4. The number of anilines is 1. The van der Waals surface area contributed by atoms with Crippen molar-refractivity contribution in [2.24, 2.45) is 0 Å². The lowest BCUT2D eigenvalue weighted by Crippen LogP contribution is -2.49. The summed E-state index contributed by atoms with van der Waals surface area (Å²) in [5.41, 5.74) is 1.85. The summed E-state index contributed by atoms with van der Waals surface area (Å²) in [5, 5.41) is 4.42. The summed E-state index contributed by atoms with van der Waals surface area (Å²) in [4.78, 5) is 24.9. The molecule has 0 aliphatic carbocycles. The molecule has 3 heterocycles. The van der Waals surface area contributed by atoms with Gasteiger partial charge in [0.05, 0.1) is 27.4 Å². The summed E-state index contributed by atoms with van der Waals surface area (Å²) in [6.45, 7) is 7.80. The highest BCUT2D eigenvalue weighted by molar-refractivity contribution is 9.10. The van der Waals surface area contributed by atoms with Gasteiger partial charge in [-0.05, 0) is 56.1 Å². The Kier molecular flexibility index (Phi) is 10.2. The fourth-order valence-electron chi connectivity index (χ4n) is 5.70. The molecule has 0 bridgehead atoms. The van der Waals surface area contributed by atoms with Crippen LogP contribution < -0.4 is 19.5 Å². The van der Waals surface area contributed by atoms with Crippen LogP contribution >= 0.6 is 27.5 Å². The molecule has 226 valence electrons. The van der Waals surface area contributed by atoms with E-state index in [1.165, 1.54) is 29.9 Å². The molecule has 2 aliphatic rings. The van der Waals surface area contributed by atoms with Crippen molar-refractivity contribution in [2.45, 2.75) is 38.4 Å². The standard InChI is InChI=1S/C30H39BrN6O4S/c1-20(35-12-14-36(15-13-35)29(38)22-16-25(39-2)27(41-4)26(17-22)40-3)28-33-30(42-34-28)32-18-24-6-5-11-37(24)19-21-7-9-23(31)10-8-21/h7-10,16-17,20,24H,5-6,11-15,18-19H2,1-4H3,(H,32,33,34)/t20-,24-/m0/s1. The molecule has 1 aromatic heterocycles. The number of piperazine rings is 1. The van der Waals surface area contributed by atoms with Crippen LogP contribution in [0.3, 0.4) is 0 Å². The molecular weight excluding hydrogens is 620 g/mol. The first kappa shape index (κ1) is 30.5. The maximum Gasteiger partial charge on any atom is 0.254 e. The molecule has 12 heteroatoms. The van der Waals surface area contributed by atoms with Crippen LogP contribution in [0.5, 0.6) is 17.2 Å². The van der Waals surface area contributed by atoms with Gasteiger partial charge < -0.3 is 24.4 Å². The third-order valence-corrected chi connectivity index (χ3v) is 9.38. The molecule has 0 saturated carbocycles. The highest BCUT2D eigenvalue weighted by Crippen LogP contribution is 2.38. The molecule has 2 aromatic carbocycles. The van der Waals surface area contributed by atoms with Crippen molar-refractivity contribution >= 4 is 38.5 Å².